The molecule has 1 aromatic heterocycles. The van der Waals surface area contributed by atoms with Crippen molar-refractivity contribution in [3.63, 3.8) is 0 Å². The Balaban J connectivity index is 1.56. The number of nitrogens with zero attached hydrogens (tertiary/aromatic N) is 2. The van der Waals surface area contributed by atoms with Gasteiger partial charge >= 0.3 is 0 Å². The predicted octanol–water partition coefficient (Wildman–Crippen LogP) is 5.40. The summed E-state index contributed by atoms with van der Waals surface area (Å²) in [7, 11) is 0. The van der Waals surface area contributed by atoms with Crippen molar-refractivity contribution in [3.8, 4) is 17.3 Å². The topological polar surface area (TPSA) is 61.0 Å². The molecule has 0 spiro atoms. The Labute approximate surface area is 166 Å². The van der Waals surface area contributed by atoms with Gasteiger partial charge < -0.3 is 10.5 Å². The minimum atomic E-state index is 0.501. The molecule has 0 atom stereocenters. The van der Waals surface area contributed by atoms with Crippen LogP contribution in [0.5, 0.6) is 5.88 Å². The molecule has 4 rings (SSSR count). The van der Waals surface area contributed by atoms with Crippen molar-refractivity contribution in [3.05, 3.63) is 71.9 Å². The fraction of sp³-hybridized carbons (Fsp3) is 0.333. The number of benzene rings is 2. The minimum absolute atomic E-state index is 0.501. The SMILES string of the molecule is Nc1ccc(-c2nc(OCCc3ccccc3)cc(C3CCCCC3)n2)cc1. The van der Waals surface area contributed by atoms with Gasteiger partial charge in [0.05, 0.1) is 12.3 Å². The van der Waals surface area contributed by atoms with Gasteiger partial charge in [0.15, 0.2) is 5.82 Å². The zero-order chi connectivity index (χ0) is 19.2. The summed E-state index contributed by atoms with van der Waals surface area (Å²) in [4.78, 5) is 9.58. The van der Waals surface area contributed by atoms with Crippen LogP contribution >= 0.6 is 0 Å². The summed E-state index contributed by atoms with van der Waals surface area (Å²) in [6.45, 7) is 0.603. The lowest BCUT2D eigenvalue weighted by molar-refractivity contribution is 0.308. The van der Waals surface area contributed by atoms with E-state index in [0.717, 1.165) is 29.2 Å². The van der Waals surface area contributed by atoms with E-state index in [1.807, 2.05) is 36.4 Å². The Bertz CT molecular complexity index is 887. The lowest BCUT2D eigenvalue weighted by Crippen LogP contribution is -2.10. The average molecular weight is 374 g/mol. The molecule has 3 aromatic rings. The van der Waals surface area contributed by atoms with Crippen LogP contribution in [0.2, 0.25) is 0 Å². The molecular formula is C24H27N3O. The van der Waals surface area contributed by atoms with Gasteiger partial charge in [-0.25, -0.2) is 4.98 Å². The van der Waals surface area contributed by atoms with E-state index < -0.39 is 0 Å². The second-order valence-corrected chi connectivity index (χ2v) is 7.50. The highest BCUT2D eigenvalue weighted by atomic mass is 16.5. The number of nitrogens with two attached hydrogens (primary N) is 1. The van der Waals surface area contributed by atoms with Gasteiger partial charge in [-0.05, 0) is 42.7 Å². The molecule has 28 heavy (non-hydrogen) atoms. The van der Waals surface area contributed by atoms with E-state index in [2.05, 4.69) is 29.2 Å². The Hall–Kier alpha value is -2.88. The number of ether oxygens (including phenoxy) is 1. The van der Waals surface area contributed by atoms with Crippen molar-refractivity contribution < 1.29 is 4.74 Å². The van der Waals surface area contributed by atoms with Crippen molar-refractivity contribution in [1.29, 1.82) is 0 Å². The fourth-order valence-corrected chi connectivity index (χ4v) is 3.80. The van der Waals surface area contributed by atoms with E-state index >= 15 is 0 Å². The van der Waals surface area contributed by atoms with Gasteiger partial charge in [-0.15, -0.1) is 0 Å². The number of rotatable bonds is 6. The minimum Gasteiger partial charge on any atom is -0.477 e. The summed E-state index contributed by atoms with van der Waals surface area (Å²) < 4.78 is 6.05. The monoisotopic (exact) mass is 373 g/mol. The van der Waals surface area contributed by atoms with Crippen LogP contribution in [0, 0.1) is 0 Å². The summed E-state index contributed by atoms with van der Waals surface area (Å²) in [5, 5.41) is 0. The number of hydrogen-bond acceptors (Lipinski definition) is 4. The predicted molar refractivity (Wildman–Crippen MR) is 113 cm³/mol. The first-order chi connectivity index (χ1) is 13.8. The first-order valence-electron chi connectivity index (χ1n) is 10.2. The van der Waals surface area contributed by atoms with E-state index in [0.29, 0.717) is 18.4 Å². The van der Waals surface area contributed by atoms with Gasteiger partial charge in [0, 0.05) is 29.7 Å². The van der Waals surface area contributed by atoms with Crippen LogP contribution in [0.15, 0.2) is 60.7 Å². The summed E-state index contributed by atoms with van der Waals surface area (Å²) in [6, 6.07) is 20.2. The van der Waals surface area contributed by atoms with Crippen molar-refractivity contribution in [2.75, 3.05) is 12.3 Å². The average Bonchev–Trinajstić information content (AvgIpc) is 2.75. The van der Waals surface area contributed by atoms with E-state index in [9.17, 15) is 0 Å². The first-order valence-corrected chi connectivity index (χ1v) is 10.2. The molecule has 0 radical (unpaired) electrons. The lowest BCUT2D eigenvalue weighted by Gasteiger charge is -2.22. The Kier molecular flexibility index (Phi) is 5.86. The normalized spacial score (nSPS) is 14.7. The van der Waals surface area contributed by atoms with Crippen LogP contribution < -0.4 is 10.5 Å². The Morgan fingerprint density at radius 2 is 1.64 bits per heavy atom. The van der Waals surface area contributed by atoms with Crippen LogP contribution in [0.1, 0.15) is 49.3 Å². The van der Waals surface area contributed by atoms with E-state index in [1.165, 1.54) is 37.7 Å². The van der Waals surface area contributed by atoms with Gasteiger partial charge in [-0.3, -0.25) is 0 Å². The van der Waals surface area contributed by atoms with Crippen LogP contribution in [0.4, 0.5) is 5.69 Å². The van der Waals surface area contributed by atoms with Crippen LogP contribution in [0.25, 0.3) is 11.4 Å². The number of aromatic nitrogens is 2. The van der Waals surface area contributed by atoms with Crippen molar-refractivity contribution >= 4 is 5.69 Å². The van der Waals surface area contributed by atoms with E-state index in [-0.39, 0.29) is 0 Å². The third-order valence-corrected chi connectivity index (χ3v) is 5.40. The largest absolute Gasteiger partial charge is 0.477 e. The highest BCUT2D eigenvalue weighted by Crippen LogP contribution is 2.34. The molecule has 4 nitrogen and oxygen atoms in total. The van der Waals surface area contributed by atoms with Crippen molar-refractivity contribution in [1.82, 2.24) is 9.97 Å². The molecule has 1 fully saturated rings. The number of hydrogen-bond donors (Lipinski definition) is 1. The molecule has 1 saturated carbocycles. The van der Waals surface area contributed by atoms with Crippen LogP contribution in [-0.2, 0) is 6.42 Å². The number of anilines is 1. The van der Waals surface area contributed by atoms with E-state index in [1.54, 1.807) is 0 Å². The van der Waals surface area contributed by atoms with Gasteiger partial charge in [0.25, 0.3) is 0 Å². The molecule has 2 aromatic carbocycles. The lowest BCUT2D eigenvalue weighted by atomic mass is 9.87. The smallest absolute Gasteiger partial charge is 0.217 e. The zero-order valence-corrected chi connectivity index (χ0v) is 16.2. The second kappa shape index (κ2) is 8.87. The van der Waals surface area contributed by atoms with Gasteiger partial charge in [0.2, 0.25) is 5.88 Å². The van der Waals surface area contributed by atoms with Gasteiger partial charge in [0.1, 0.15) is 0 Å². The highest BCUT2D eigenvalue weighted by Gasteiger charge is 2.19. The second-order valence-electron chi connectivity index (χ2n) is 7.50. The fourth-order valence-electron chi connectivity index (χ4n) is 3.80. The molecule has 1 aliphatic carbocycles. The Morgan fingerprint density at radius 3 is 2.39 bits per heavy atom. The molecular weight excluding hydrogens is 346 g/mol. The third kappa shape index (κ3) is 4.69. The molecule has 0 amide bonds. The molecule has 1 heterocycles. The maximum Gasteiger partial charge on any atom is 0.217 e. The molecule has 1 aliphatic rings. The first kappa shape index (κ1) is 18.5. The third-order valence-electron chi connectivity index (χ3n) is 5.40. The molecule has 0 saturated heterocycles. The molecule has 144 valence electrons. The maximum absolute atomic E-state index is 6.05. The van der Waals surface area contributed by atoms with Crippen molar-refractivity contribution in [2.45, 2.75) is 44.4 Å². The molecule has 0 bridgehead atoms. The van der Waals surface area contributed by atoms with Crippen molar-refractivity contribution in [2.24, 2.45) is 0 Å². The zero-order valence-electron chi connectivity index (χ0n) is 16.2. The van der Waals surface area contributed by atoms with E-state index in [4.69, 9.17) is 15.5 Å². The molecule has 0 aliphatic heterocycles. The summed E-state index contributed by atoms with van der Waals surface area (Å²) in [6.07, 6.45) is 7.13. The summed E-state index contributed by atoms with van der Waals surface area (Å²) >= 11 is 0. The van der Waals surface area contributed by atoms with Gasteiger partial charge in [-0.1, -0.05) is 49.6 Å². The summed E-state index contributed by atoms with van der Waals surface area (Å²) in [5.41, 5.74) is 9.93. The highest BCUT2D eigenvalue weighted by molar-refractivity contribution is 5.59. The van der Waals surface area contributed by atoms with Crippen LogP contribution in [0.3, 0.4) is 0 Å². The maximum atomic E-state index is 6.05. The number of nitrogen functional groups attached to an aromatic ring is 1. The quantitative estimate of drug-likeness (QED) is 0.588. The van der Waals surface area contributed by atoms with Gasteiger partial charge in [-0.2, -0.15) is 4.98 Å². The summed E-state index contributed by atoms with van der Waals surface area (Å²) in [5.74, 6) is 1.89. The molecule has 2 N–H and O–H groups in total. The standard InChI is InChI=1S/C24H27N3O/c25-21-13-11-20(12-14-21)24-26-22(19-9-5-2-6-10-19)17-23(27-24)28-16-15-18-7-3-1-4-8-18/h1,3-4,7-8,11-14,17,19H,2,5-6,9-10,15-16,25H2. The Morgan fingerprint density at radius 1 is 0.893 bits per heavy atom. The molecule has 4 heteroatoms. The molecule has 0 unspecified atom stereocenters. The van der Waals surface area contributed by atoms with Crippen LogP contribution in [-0.4, -0.2) is 16.6 Å².